The van der Waals surface area contributed by atoms with Crippen LogP contribution in [0, 0.1) is 10.1 Å². The molecule has 6 nitrogen and oxygen atoms in total. The van der Waals surface area contributed by atoms with Crippen molar-refractivity contribution in [2.45, 2.75) is 6.54 Å². The second kappa shape index (κ2) is 5.53. The number of para-hydroxylation sites is 1. The molecule has 7 heteroatoms. The number of rotatable bonds is 4. The number of hydrogen-bond acceptors (Lipinski definition) is 4. The molecule has 19 heavy (non-hydrogen) atoms. The van der Waals surface area contributed by atoms with Crippen molar-refractivity contribution in [1.82, 2.24) is 5.32 Å². The van der Waals surface area contributed by atoms with Crippen molar-refractivity contribution in [2.75, 3.05) is 0 Å². The van der Waals surface area contributed by atoms with E-state index in [4.69, 9.17) is 16.0 Å². The summed E-state index contributed by atoms with van der Waals surface area (Å²) < 4.78 is 4.80. The number of carbonyl (C=O) groups excluding carboxylic acids is 1. The van der Waals surface area contributed by atoms with Crippen molar-refractivity contribution in [2.24, 2.45) is 0 Å². The average Bonchev–Trinajstić information content (AvgIpc) is 2.82. The average molecular weight is 281 g/mol. The third-order valence-corrected chi connectivity index (χ3v) is 2.78. The standard InChI is InChI=1S/C12H9ClN2O4/c13-11-9(5-6-19-11)12(16)14-7-8-3-1-2-4-10(8)15(17)18/h1-6H,7H2,(H,14,16). The van der Waals surface area contributed by atoms with Crippen LogP contribution < -0.4 is 5.32 Å². The fourth-order valence-corrected chi connectivity index (χ4v) is 1.77. The van der Waals surface area contributed by atoms with E-state index in [1.165, 1.54) is 18.4 Å². The molecule has 0 radical (unpaired) electrons. The highest BCUT2D eigenvalue weighted by atomic mass is 35.5. The summed E-state index contributed by atoms with van der Waals surface area (Å²) in [5.74, 6) is -0.447. The van der Waals surface area contributed by atoms with Gasteiger partial charge in [-0.3, -0.25) is 14.9 Å². The van der Waals surface area contributed by atoms with Gasteiger partial charge in [-0.15, -0.1) is 0 Å². The molecule has 98 valence electrons. The molecule has 0 spiro atoms. The van der Waals surface area contributed by atoms with Gasteiger partial charge in [0.1, 0.15) is 0 Å². The SMILES string of the molecule is O=C(NCc1ccccc1[N+](=O)[O-])c1ccoc1Cl. The Hall–Kier alpha value is -2.34. The highest BCUT2D eigenvalue weighted by Gasteiger charge is 2.16. The second-order valence-electron chi connectivity index (χ2n) is 3.68. The Morgan fingerprint density at radius 3 is 2.74 bits per heavy atom. The van der Waals surface area contributed by atoms with Gasteiger partial charge in [0.25, 0.3) is 11.6 Å². The lowest BCUT2D eigenvalue weighted by molar-refractivity contribution is -0.385. The maximum absolute atomic E-state index is 11.8. The quantitative estimate of drug-likeness (QED) is 0.689. The minimum atomic E-state index is -0.494. The van der Waals surface area contributed by atoms with E-state index in [0.717, 1.165) is 0 Å². The van der Waals surface area contributed by atoms with Crippen LogP contribution in [0.25, 0.3) is 0 Å². The molecule has 0 bridgehead atoms. The summed E-state index contributed by atoms with van der Waals surface area (Å²) in [6.45, 7) is 0.0392. The topological polar surface area (TPSA) is 85.4 Å². The fraction of sp³-hybridized carbons (Fsp3) is 0.0833. The molecule has 0 aliphatic carbocycles. The van der Waals surface area contributed by atoms with Gasteiger partial charge in [0.15, 0.2) is 0 Å². The Balaban J connectivity index is 2.10. The van der Waals surface area contributed by atoms with Gasteiger partial charge in [-0.2, -0.15) is 0 Å². The number of nitrogens with zero attached hydrogens (tertiary/aromatic N) is 1. The third kappa shape index (κ3) is 2.92. The normalized spacial score (nSPS) is 10.2. The minimum absolute atomic E-state index is 0.0138. The van der Waals surface area contributed by atoms with Crippen molar-refractivity contribution in [3.63, 3.8) is 0 Å². The first-order valence-corrected chi connectivity index (χ1v) is 5.71. The summed E-state index contributed by atoms with van der Waals surface area (Å²) >= 11 is 5.66. The number of nitro groups is 1. The van der Waals surface area contributed by atoms with E-state index < -0.39 is 10.8 Å². The van der Waals surface area contributed by atoms with Crippen molar-refractivity contribution in [3.05, 3.63) is 63.1 Å². The van der Waals surface area contributed by atoms with E-state index in [-0.39, 0.29) is 23.0 Å². The molecule has 0 saturated heterocycles. The van der Waals surface area contributed by atoms with Gasteiger partial charge in [0.05, 0.1) is 16.7 Å². The molecule has 1 aromatic carbocycles. The van der Waals surface area contributed by atoms with Crippen LogP contribution in [-0.2, 0) is 6.54 Å². The molecule has 1 aromatic heterocycles. The number of benzene rings is 1. The van der Waals surface area contributed by atoms with Gasteiger partial charge in [0.2, 0.25) is 5.22 Å². The minimum Gasteiger partial charge on any atom is -0.452 e. The van der Waals surface area contributed by atoms with Gasteiger partial charge in [-0.05, 0) is 17.7 Å². The van der Waals surface area contributed by atoms with Crippen molar-refractivity contribution in [3.8, 4) is 0 Å². The first-order valence-electron chi connectivity index (χ1n) is 5.33. The molecule has 0 saturated carbocycles. The Kier molecular flexibility index (Phi) is 3.82. The van der Waals surface area contributed by atoms with E-state index in [9.17, 15) is 14.9 Å². The number of carbonyl (C=O) groups is 1. The summed E-state index contributed by atoms with van der Waals surface area (Å²) in [4.78, 5) is 22.1. The summed E-state index contributed by atoms with van der Waals surface area (Å²) in [6.07, 6.45) is 1.29. The summed E-state index contributed by atoms with van der Waals surface area (Å²) in [5, 5.41) is 13.3. The number of nitro benzene ring substituents is 1. The zero-order chi connectivity index (χ0) is 13.8. The zero-order valence-corrected chi connectivity index (χ0v) is 10.4. The zero-order valence-electron chi connectivity index (χ0n) is 9.63. The molecule has 2 aromatic rings. The smallest absolute Gasteiger partial charge is 0.274 e. The molecule has 0 aliphatic heterocycles. The first-order chi connectivity index (χ1) is 9.09. The summed E-state index contributed by atoms with van der Waals surface area (Å²) in [7, 11) is 0. The number of furan rings is 1. The molecule has 0 unspecified atom stereocenters. The third-order valence-electron chi connectivity index (χ3n) is 2.49. The highest BCUT2D eigenvalue weighted by molar-refractivity contribution is 6.32. The molecule has 0 aliphatic rings. The van der Waals surface area contributed by atoms with Crippen LogP contribution in [0.5, 0.6) is 0 Å². The van der Waals surface area contributed by atoms with E-state index in [1.807, 2.05) is 0 Å². The van der Waals surface area contributed by atoms with Crippen LogP contribution >= 0.6 is 11.6 Å². The molecule has 1 N–H and O–H groups in total. The maximum Gasteiger partial charge on any atom is 0.274 e. The fourth-order valence-electron chi connectivity index (χ4n) is 1.56. The van der Waals surface area contributed by atoms with E-state index in [1.54, 1.807) is 18.2 Å². The van der Waals surface area contributed by atoms with E-state index in [2.05, 4.69) is 5.32 Å². The maximum atomic E-state index is 11.8. The lowest BCUT2D eigenvalue weighted by atomic mass is 10.2. The number of hydrogen-bond donors (Lipinski definition) is 1. The highest BCUT2D eigenvalue weighted by Crippen LogP contribution is 2.19. The Morgan fingerprint density at radius 2 is 2.11 bits per heavy atom. The Morgan fingerprint density at radius 1 is 1.37 bits per heavy atom. The second-order valence-corrected chi connectivity index (χ2v) is 4.02. The van der Waals surface area contributed by atoms with Crippen LogP contribution in [0.1, 0.15) is 15.9 Å². The largest absolute Gasteiger partial charge is 0.452 e. The van der Waals surface area contributed by atoms with Crippen LogP contribution in [0.2, 0.25) is 5.22 Å². The molecule has 0 atom stereocenters. The lowest BCUT2D eigenvalue weighted by Crippen LogP contribution is -2.23. The number of halogens is 1. The van der Waals surface area contributed by atoms with Crippen molar-refractivity contribution < 1.29 is 14.1 Å². The van der Waals surface area contributed by atoms with Gasteiger partial charge in [0, 0.05) is 18.2 Å². The summed E-state index contributed by atoms with van der Waals surface area (Å²) in [5.41, 5.74) is 0.571. The van der Waals surface area contributed by atoms with Crippen LogP contribution in [0.4, 0.5) is 5.69 Å². The van der Waals surface area contributed by atoms with E-state index >= 15 is 0 Å². The van der Waals surface area contributed by atoms with Gasteiger partial charge < -0.3 is 9.73 Å². The summed E-state index contributed by atoms with van der Waals surface area (Å²) in [6, 6.07) is 7.62. The monoisotopic (exact) mass is 280 g/mol. The first kappa shape index (κ1) is 13.1. The lowest BCUT2D eigenvalue weighted by Gasteiger charge is -2.04. The van der Waals surface area contributed by atoms with E-state index in [0.29, 0.717) is 5.56 Å². The molecule has 0 fully saturated rings. The predicted octanol–water partition coefficient (Wildman–Crippen LogP) is 2.77. The Labute approximate surface area is 113 Å². The molecule has 2 rings (SSSR count). The van der Waals surface area contributed by atoms with Crippen LogP contribution in [-0.4, -0.2) is 10.8 Å². The molecule has 1 heterocycles. The Bertz CT molecular complexity index is 624. The predicted molar refractivity (Wildman–Crippen MR) is 68.0 cm³/mol. The number of nitrogens with one attached hydrogen (secondary N) is 1. The van der Waals surface area contributed by atoms with Gasteiger partial charge in [-0.25, -0.2) is 0 Å². The molecule has 1 amide bonds. The molecular weight excluding hydrogens is 272 g/mol. The van der Waals surface area contributed by atoms with Gasteiger partial charge in [-0.1, -0.05) is 18.2 Å². The number of amides is 1. The van der Waals surface area contributed by atoms with Crippen LogP contribution in [0.3, 0.4) is 0 Å². The van der Waals surface area contributed by atoms with Crippen molar-refractivity contribution in [1.29, 1.82) is 0 Å². The van der Waals surface area contributed by atoms with Crippen LogP contribution in [0.15, 0.2) is 41.0 Å². The van der Waals surface area contributed by atoms with Gasteiger partial charge >= 0.3 is 0 Å². The molecular formula is C12H9ClN2O4. The van der Waals surface area contributed by atoms with Crippen molar-refractivity contribution >= 4 is 23.2 Å².